The van der Waals surface area contributed by atoms with Gasteiger partial charge in [-0.2, -0.15) is 0 Å². The molecular weight excluding hydrogens is 452 g/mol. The zero-order valence-electron chi connectivity index (χ0n) is 17.2. The second-order valence-corrected chi connectivity index (χ2v) is 8.19. The number of methoxy groups -OCH3 is 1. The standard InChI is InChI=1S/C20H22N6O4S2/c1-3-9-26-17(15(11-27)22-18(29)13-4-6-14(30-2)7-5-13)24-25-20(26)32-12-16(28)23-19-21-8-10-31-19/h3-8,10,15,27H,1,9,11-12H2,2H3,(H,22,29)(H,21,23,28). The molecule has 1 aromatic carbocycles. The van der Waals surface area contributed by atoms with E-state index in [0.29, 0.717) is 34.0 Å². The topological polar surface area (TPSA) is 131 Å². The molecule has 3 N–H and O–H groups in total. The normalized spacial score (nSPS) is 11.6. The number of rotatable bonds is 11. The van der Waals surface area contributed by atoms with Crippen molar-refractivity contribution in [1.82, 2.24) is 25.1 Å². The molecule has 12 heteroatoms. The molecule has 2 aromatic heterocycles. The molecule has 1 atom stereocenters. The van der Waals surface area contributed by atoms with Gasteiger partial charge in [0.1, 0.15) is 11.8 Å². The molecule has 32 heavy (non-hydrogen) atoms. The van der Waals surface area contributed by atoms with Crippen LogP contribution in [-0.2, 0) is 11.3 Å². The average Bonchev–Trinajstić information content (AvgIpc) is 3.46. The van der Waals surface area contributed by atoms with E-state index in [-0.39, 0.29) is 24.2 Å². The van der Waals surface area contributed by atoms with Crippen LogP contribution in [0.4, 0.5) is 5.13 Å². The van der Waals surface area contributed by atoms with Crippen molar-refractivity contribution in [2.24, 2.45) is 0 Å². The van der Waals surface area contributed by atoms with Gasteiger partial charge in [-0.3, -0.25) is 9.59 Å². The fourth-order valence-corrected chi connectivity index (χ4v) is 4.01. The number of thiazole rings is 1. The summed E-state index contributed by atoms with van der Waals surface area (Å²) in [7, 11) is 1.54. The first-order valence-corrected chi connectivity index (χ1v) is 11.3. The summed E-state index contributed by atoms with van der Waals surface area (Å²) >= 11 is 2.51. The highest BCUT2D eigenvalue weighted by molar-refractivity contribution is 7.99. The van der Waals surface area contributed by atoms with Gasteiger partial charge < -0.3 is 25.0 Å². The smallest absolute Gasteiger partial charge is 0.251 e. The lowest BCUT2D eigenvalue weighted by atomic mass is 10.2. The van der Waals surface area contributed by atoms with Gasteiger partial charge in [-0.25, -0.2) is 4.98 Å². The maximum atomic E-state index is 12.6. The molecule has 0 fully saturated rings. The minimum absolute atomic E-state index is 0.0941. The second-order valence-electron chi connectivity index (χ2n) is 6.35. The van der Waals surface area contributed by atoms with Crippen LogP contribution >= 0.6 is 23.1 Å². The number of benzene rings is 1. The zero-order chi connectivity index (χ0) is 22.9. The van der Waals surface area contributed by atoms with E-state index in [9.17, 15) is 14.7 Å². The number of hydrogen-bond acceptors (Lipinski definition) is 9. The number of aromatic nitrogens is 4. The average molecular weight is 475 g/mol. The van der Waals surface area contributed by atoms with Crippen LogP contribution in [0.2, 0.25) is 0 Å². The first-order valence-electron chi connectivity index (χ1n) is 9.47. The molecule has 3 aromatic rings. The van der Waals surface area contributed by atoms with Crippen LogP contribution < -0.4 is 15.4 Å². The van der Waals surface area contributed by atoms with E-state index in [4.69, 9.17) is 4.74 Å². The number of amides is 2. The number of nitrogens with one attached hydrogen (secondary N) is 2. The maximum absolute atomic E-state index is 12.6. The second kappa shape index (κ2) is 11.4. The van der Waals surface area contributed by atoms with E-state index in [0.717, 1.165) is 0 Å². The predicted molar refractivity (Wildman–Crippen MR) is 122 cm³/mol. The summed E-state index contributed by atoms with van der Waals surface area (Å²) in [6.07, 6.45) is 3.25. The third kappa shape index (κ3) is 5.93. The summed E-state index contributed by atoms with van der Waals surface area (Å²) < 4.78 is 6.80. The Bertz CT molecular complexity index is 1050. The molecular formula is C20H22N6O4S2. The minimum atomic E-state index is -0.796. The molecule has 0 spiro atoms. The van der Waals surface area contributed by atoms with Gasteiger partial charge in [-0.05, 0) is 24.3 Å². The number of thioether (sulfide) groups is 1. The number of nitrogens with zero attached hydrogens (tertiary/aromatic N) is 4. The van der Waals surface area contributed by atoms with Gasteiger partial charge in [0.2, 0.25) is 5.91 Å². The number of aliphatic hydroxyl groups excluding tert-OH is 1. The summed E-state index contributed by atoms with van der Waals surface area (Å²) in [6, 6.07) is 5.80. The lowest BCUT2D eigenvalue weighted by molar-refractivity contribution is -0.113. The highest BCUT2D eigenvalue weighted by atomic mass is 32.2. The van der Waals surface area contributed by atoms with E-state index >= 15 is 0 Å². The lowest BCUT2D eigenvalue weighted by Gasteiger charge is -2.17. The maximum Gasteiger partial charge on any atom is 0.251 e. The molecule has 0 aliphatic heterocycles. The Hall–Kier alpha value is -3.22. The number of allylic oxidation sites excluding steroid dienone is 1. The summed E-state index contributed by atoms with van der Waals surface area (Å²) in [5.41, 5.74) is 0.410. The Kier molecular flexibility index (Phi) is 8.36. The number of aliphatic hydroxyl groups is 1. The van der Waals surface area contributed by atoms with E-state index < -0.39 is 6.04 Å². The van der Waals surface area contributed by atoms with Crippen molar-refractivity contribution in [3.05, 3.63) is 59.9 Å². The van der Waals surface area contributed by atoms with Gasteiger partial charge in [0.15, 0.2) is 16.1 Å². The van der Waals surface area contributed by atoms with E-state index in [1.54, 1.807) is 53.6 Å². The molecule has 0 saturated carbocycles. The number of carbonyl (C=O) groups is 2. The molecule has 2 amide bonds. The molecule has 0 aliphatic carbocycles. The molecule has 0 aliphatic rings. The molecule has 3 rings (SSSR count). The molecule has 0 saturated heterocycles. The van der Waals surface area contributed by atoms with Crippen molar-refractivity contribution in [1.29, 1.82) is 0 Å². The molecule has 1 unspecified atom stereocenters. The fraction of sp³-hybridized carbons (Fsp3) is 0.250. The molecule has 10 nitrogen and oxygen atoms in total. The Morgan fingerprint density at radius 2 is 2.12 bits per heavy atom. The van der Waals surface area contributed by atoms with Gasteiger partial charge in [0, 0.05) is 23.7 Å². The van der Waals surface area contributed by atoms with Crippen LogP contribution in [0.5, 0.6) is 5.75 Å². The van der Waals surface area contributed by atoms with Crippen LogP contribution in [0.25, 0.3) is 0 Å². The monoisotopic (exact) mass is 474 g/mol. The van der Waals surface area contributed by atoms with Crippen LogP contribution in [0.3, 0.4) is 0 Å². The third-order valence-corrected chi connectivity index (χ3v) is 5.88. The Morgan fingerprint density at radius 3 is 2.75 bits per heavy atom. The Balaban J connectivity index is 1.70. The van der Waals surface area contributed by atoms with E-state index in [1.165, 1.54) is 23.1 Å². The van der Waals surface area contributed by atoms with Crippen molar-refractivity contribution >= 4 is 40.0 Å². The summed E-state index contributed by atoms with van der Waals surface area (Å²) in [4.78, 5) is 28.8. The molecule has 0 bridgehead atoms. The summed E-state index contributed by atoms with van der Waals surface area (Å²) in [6.45, 7) is 3.70. The number of anilines is 1. The summed E-state index contributed by atoms with van der Waals surface area (Å²) in [5, 5.41) is 26.4. The van der Waals surface area contributed by atoms with Crippen LogP contribution in [0, 0.1) is 0 Å². The first kappa shape index (κ1) is 23.4. The Labute approximate surface area is 192 Å². The largest absolute Gasteiger partial charge is 0.497 e. The molecule has 168 valence electrons. The van der Waals surface area contributed by atoms with E-state index in [1.807, 2.05) is 0 Å². The first-order chi connectivity index (χ1) is 15.5. The van der Waals surface area contributed by atoms with E-state index in [2.05, 4.69) is 32.4 Å². The number of carbonyl (C=O) groups excluding carboxylic acids is 2. The van der Waals surface area contributed by atoms with Crippen LogP contribution in [-0.4, -0.2) is 56.1 Å². The highest BCUT2D eigenvalue weighted by Gasteiger charge is 2.23. The van der Waals surface area contributed by atoms with Crippen LogP contribution in [0.1, 0.15) is 22.2 Å². The van der Waals surface area contributed by atoms with Crippen molar-refractivity contribution in [3.8, 4) is 5.75 Å². The van der Waals surface area contributed by atoms with Gasteiger partial charge >= 0.3 is 0 Å². The predicted octanol–water partition coefficient (Wildman–Crippen LogP) is 2.12. The van der Waals surface area contributed by atoms with Crippen molar-refractivity contribution in [2.45, 2.75) is 17.7 Å². The summed E-state index contributed by atoms with van der Waals surface area (Å²) in [5.74, 6) is 0.475. The van der Waals surface area contributed by atoms with Gasteiger partial charge in [-0.15, -0.1) is 28.1 Å². The van der Waals surface area contributed by atoms with Crippen LogP contribution in [0.15, 0.2) is 53.7 Å². The SMILES string of the molecule is C=CCn1c(SCC(=O)Nc2nccs2)nnc1C(CO)NC(=O)c1ccc(OC)cc1. The number of ether oxygens (including phenoxy) is 1. The fourth-order valence-electron chi connectivity index (χ4n) is 2.71. The Morgan fingerprint density at radius 1 is 1.34 bits per heavy atom. The van der Waals surface area contributed by atoms with Crippen molar-refractivity contribution in [2.75, 3.05) is 24.8 Å². The van der Waals surface area contributed by atoms with Gasteiger partial charge in [0.25, 0.3) is 5.91 Å². The lowest BCUT2D eigenvalue weighted by Crippen LogP contribution is -2.33. The minimum Gasteiger partial charge on any atom is -0.497 e. The quantitative estimate of drug-likeness (QED) is 0.284. The molecule has 0 radical (unpaired) electrons. The van der Waals surface area contributed by atoms with Crippen molar-refractivity contribution < 1.29 is 19.4 Å². The highest BCUT2D eigenvalue weighted by Crippen LogP contribution is 2.22. The van der Waals surface area contributed by atoms with Gasteiger partial charge in [0.05, 0.1) is 19.5 Å². The van der Waals surface area contributed by atoms with Gasteiger partial charge in [-0.1, -0.05) is 17.8 Å². The zero-order valence-corrected chi connectivity index (χ0v) is 18.9. The number of hydrogen-bond donors (Lipinski definition) is 3. The van der Waals surface area contributed by atoms with Crippen molar-refractivity contribution in [3.63, 3.8) is 0 Å². The third-order valence-electron chi connectivity index (χ3n) is 4.22. The molecule has 2 heterocycles.